The number of nitrogens with two attached hydrogens (primary N) is 1. The molecule has 0 aromatic carbocycles. The number of guanidine groups is 1. The molecule has 0 atom stereocenters. The van der Waals surface area contributed by atoms with Crippen molar-refractivity contribution in [1.29, 1.82) is 0 Å². The van der Waals surface area contributed by atoms with Gasteiger partial charge in [-0.15, -0.1) is 24.0 Å². The van der Waals surface area contributed by atoms with Gasteiger partial charge in [0.05, 0.1) is 30.6 Å². The number of pyridine rings is 1. The van der Waals surface area contributed by atoms with Crippen molar-refractivity contribution in [3.63, 3.8) is 0 Å². The highest BCUT2D eigenvalue weighted by Crippen LogP contribution is 2.40. The van der Waals surface area contributed by atoms with E-state index in [1.54, 1.807) is 12.1 Å². The number of carbonyl (C=O) groups is 1. The number of halogens is 1. The highest BCUT2D eigenvalue weighted by atomic mass is 127. The van der Waals surface area contributed by atoms with Gasteiger partial charge in [-0.1, -0.05) is 13.3 Å². The van der Waals surface area contributed by atoms with Gasteiger partial charge in [0.1, 0.15) is 0 Å². The van der Waals surface area contributed by atoms with Crippen molar-refractivity contribution in [3.05, 3.63) is 29.1 Å². The van der Waals surface area contributed by atoms with Gasteiger partial charge in [0.25, 0.3) is 0 Å². The van der Waals surface area contributed by atoms with Gasteiger partial charge in [-0.2, -0.15) is 0 Å². The van der Waals surface area contributed by atoms with E-state index in [4.69, 9.17) is 10.5 Å². The summed E-state index contributed by atoms with van der Waals surface area (Å²) in [5.74, 6) is 0.475. The zero-order valence-corrected chi connectivity index (χ0v) is 16.0. The number of unbranched alkanes of at least 4 members (excludes halogenated alkanes) is 1. The molecule has 1 aromatic heterocycles. The van der Waals surface area contributed by atoms with Crippen LogP contribution in [0.3, 0.4) is 0 Å². The number of nitrogens with one attached hydrogen (secondary N) is 1. The molecule has 3 N–H and O–H groups in total. The number of hydrogen-bond donors (Lipinski definition) is 2. The lowest BCUT2D eigenvalue weighted by Gasteiger charge is -2.08. The molecule has 7 heteroatoms. The van der Waals surface area contributed by atoms with Crippen LogP contribution in [-0.4, -0.2) is 30.6 Å². The van der Waals surface area contributed by atoms with Crippen molar-refractivity contribution >= 4 is 35.9 Å². The minimum atomic E-state index is -0.329. The van der Waals surface area contributed by atoms with Crippen LogP contribution in [0.1, 0.15) is 60.3 Å². The highest BCUT2D eigenvalue weighted by Gasteiger charge is 2.30. The fraction of sp³-hybridized carbons (Fsp3) is 0.562. The number of aromatic nitrogens is 1. The minimum absolute atomic E-state index is 0. The monoisotopic (exact) mass is 432 g/mol. The van der Waals surface area contributed by atoms with Crippen molar-refractivity contribution in [3.8, 4) is 0 Å². The minimum Gasteiger partial charge on any atom is -0.465 e. The van der Waals surface area contributed by atoms with E-state index in [-0.39, 0.29) is 29.9 Å². The number of aliphatic imine (C=N–C) groups is 1. The molecule has 0 radical (unpaired) electrons. The van der Waals surface area contributed by atoms with Crippen LogP contribution in [0.2, 0.25) is 0 Å². The Kier molecular flexibility index (Phi) is 8.29. The number of carbonyl (C=O) groups excluding carboxylic acids is 1. The first kappa shape index (κ1) is 19.7. The standard InChI is InChI=1S/C16H24N4O2.HI/c1-3-4-9-18-16(17)19-10-12-7-8-13(15(21)22-2)14(20-12)11-5-6-11;/h7-8,11H,3-6,9-10H2,1-2H3,(H3,17,18,19);1H. The maximum Gasteiger partial charge on any atom is 0.339 e. The van der Waals surface area contributed by atoms with Crippen LogP contribution in [0.15, 0.2) is 17.1 Å². The second-order valence-electron chi connectivity index (χ2n) is 5.48. The second-order valence-corrected chi connectivity index (χ2v) is 5.48. The molecule has 1 heterocycles. The van der Waals surface area contributed by atoms with Gasteiger partial charge in [0.15, 0.2) is 5.96 Å². The van der Waals surface area contributed by atoms with Crippen molar-refractivity contribution in [2.24, 2.45) is 10.7 Å². The lowest BCUT2D eigenvalue weighted by atomic mass is 10.1. The summed E-state index contributed by atoms with van der Waals surface area (Å²) >= 11 is 0. The molecule has 0 aliphatic heterocycles. The van der Waals surface area contributed by atoms with Crippen LogP contribution in [0.25, 0.3) is 0 Å². The maximum absolute atomic E-state index is 11.8. The maximum atomic E-state index is 11.8. The fourth-order valence-corrected chi connectivity index (χ4v) is 2.17. The Balaban J connectivity index is 0.00000264. The Labute approximate surface area is 154 Å². The third kappa shape index (κ3) is 5.96. The van der Waals surface area contributed by atoms with Gasteiger partial charge in [-0.25, -0.2) is 9.79 Å². The van der Waals surface area contributed by atoms with E-state index in [0.717, 1.165) is 43.6 Å². The third-order valence-corrected chi connectivity index (χ3v) is 3.60. The molecule has 1 aromatic rings. The summed E-state index contributed by atoms with van der Waals surface area (Å²) in [7, 11) is 1.39. The molecular weight excluding hydrogens is 407 g/mol. The topological polar surface area (TPSA) is 89.6 Å². The van der Waals surface area contributed by atoms with Gasteiger partial charge in [-0.05, 0) is 31.4 Å². The highest BCUT2D eigenvalue weighted by molar-refractivity contribution is 14.0. The van der Waals surface area contributed by atoms with Crippen molar-refractivity contribution in [2.45, 2.75) is 45.1 Å². The number of hydrogen-bond acceptors (Lipinski definition) is 4. The molecule has 1 aliphatic rings. The van der Waals surface area contributed by atoms with E-state index < -0.39 is 0 Å². The third-order valence-electron chi connectivity index (χ3n) is 3.60. The number of rotatable bonds is 7. The molecule has 1 aliphatic carbocycles. The number of ether oxygens (including phenoxy) is 1. The van der Waals surface area contributed by atoms with E-state index in [1.807, 2.05) is 0 Å². The van der Waals surface area contributed by atoms with Crippen LogP contribution >= 0.6 is 24.0 Å². The summed E-state index contributed by atoms with van der Waals surface area (Å²) in [6, 6.07) is 3.58. The van der Waals surface area contributed by atoms with Gasteiger partial charge in [-0.3, -0.25) is 4.98 Å². The summed E-state index contributed by atoms with van der Waals surface area (Å²) in [5, 5.41) is 3.07. The second kappa shape index (κ2) is 9.69. The van der Waals surface area contributed by atoms with E-state index in [1.165, 1.54) is 7.11 Å². The fourth-order valence-electron chi connectivity index (χ4n) is 2.17. The lowest BCUT2D eigenvalue weighted by molar-refractivity contribution is 0.0598. The Bertz CT molecular complexity index is 559. The summed E-state index contributed by atoms with van der Waals surface area (Å²) in [5.41, 5.74) is 8.02. The smallest absolute Gasteiger partial charge is 0.339 e. The molecular formula is C16H25IN4O2. The predicted octanol–water partition coefficient (Wildman–Crippen LogP) is 2.57. The zero-order valence-electron chi connectivity index (χ0n) is 13.7. The van der Waals surface area contributed by atoms with E-state index in [0.29, 0.717) is 24.0 Å². The number of esters is 1. The predicted molar refractivity (Wildman–Crippen MR) is 101 cm³/mol. The van der Waals surface area contributed by atoms with Crippen molar-refractivity contribution in [1.82, 2.24) is 10.3 Å². The first-order valence-electron chi connectivity index (χ1n) is 7.77. The molecule has 0 amide bonds. The van der Waals surface area contributed by atoms with Crippen molar-refractivity contribution in [2.75, 3.05) is 13.7 Å². The average Bonchev–Trinajstić information content (AvgIpc) is 3.37. The van der Waals surface area contributed by atoms with Crippen LogP contribution < -0.4 is 11.1 Å². The molecule has 23 heavy (non-hydrogen) atoms. The largest absolute Gasteiger partial charge is 0.465 e. The van der Waals surface area contributed by atoms with Crippen LogP contribution in [0.4, 0.5) is 0 Å². The van der Waals surface area contributed by atoms with Crippen molar-refractivity contribution < 1.29 is 9.53 Å². The Morgan fingerprint density at radius 3 is 2.83 bits per heavy atom. The molecule has 0 spiro atoms. The summed E-state index contributed by atoms with van der Waals surface area (Å²) < 4.78 is 4.81. The molecule has 0 bridgehead atoms. The quantitative estimate of drug-likeness (QED) is 0.227. The average molecular weight is 432 g/mol. The Hall–Kier alpha value is -1.38. The molecule has 0 unspecified atom stereocenters. The first-order chi connectivity index (χ1) is 10.7. The molecule has 1 saturated carbocycles. The van der Waals surface area contributed by atoms with Crippen LogP contribution in [0.5, 0.6) is 0 Å². The number of methoxy groups -OCH3 is 1. The first-order valence-corrected chi connectivity index (χ1v) is 7.77. The van der Waals surface area contributed by atoms with Gasteiger partial charge < -0.3 is 15.8 Å². The Morgan fingerprint density at radius 1 is 1.48 bits per heavy atom. The normalized spacial score (nSPS) is 14.1. The van der Waals surface area contributed by atoms with E-state index >= 15 is 0 Å². The van der Waals surface area contributed by atoms with Crippen LogP contribution in [-0.2, 0) is 11.3 Å². The SMILES string of the molecule is CCCCNC(N)=NCc1ccc(C(=O)OC)c(C2CC2)n1.I. The lowest BCUT2D eigenvalue weighted by Crippen LogP contribution is -2.32. The van der Waals surface area contributed by atoms with Gasteiger partial charge >= 0.3 is 5.97 Å². The molecule has 2 rings (SSSR count). The summed E-state index contributed by atoms with van der Waals surface area (Å²) in [6.45, 7) is 3.36. The molecule has 6 nitrogen and oxygen atoms in total. The molecule has 128 valence electrons. The van der Waals surface area contributed by atoms with E-state index in [2.05, 4.69) is 22.2 Å². The van der Waals surface area contributed by atoms with Gasteiger partial charge in [0.2, 0.25) is 0 Å². The molecule has 1 fully saturated rings. The van der Waals surface area contributed by atoms with Gasteiger partial charge in [0, 0.05) is 12.5 Å². The summed E-state index contributed by atoms with van der Waals surface area (Å²) in [4.78, 5) is 20.6. The van der Waals surface area contributed by atoms with Crippen LogP contribution in [0, 0.1) is 0 Å². The van der Waals surface area contributed by atoms with E-state index in [9.17, 15) is 4.79 Å². The Morgan fingerprint density at radius 2 is 2.22 bits per heavy atom. The number of nitrogens with zero attached hydrogens (tertiary/aromatic N) is 2. The molecule has 0 saturated heterocycles. The summed E-state index contributed by atoms with van der Waals surface area (Å²) in [6.07, 6.45) is 4.32. The zero-order chi connectivity index (χ0) is 15.9.